The van der Waals surface area contributed by atoms with E-state index in [0.717, 1.165) is 6.07 Å². The summed E-state index contributed by atoms with van der Waals surface area (Å²) in [5.74, 6) is 4.42. The largest absolute Gasteiger partial charge is 0.369 e. The Morgan fingerprint density at radius 2 is 2.06 bits per heavy atom. The Bertz CT molecular complexity index is 576. The summed E-state index contributed by atoms with van der Waals surface area (Å²) in [4.78, 5) is 20.4. The molecule has 0 aliphatic heterocycles. The second-order valence-corrected chi connectivity index (χ2v) is 3.08. The van der Waals surface area contributed by atoms with Gasteiger partial charge in [-0.15, -0.1) is 0 Å². The Morgan fingerprint density at radius 1 is 1.41 bits per heavy atom. The first kappa shape index (κ1) is 12.2. The van der Waals surface area contributed by atoms with Crippen molar-refractivity contribution >= 4 is 11.6 Å². The van der Waals surface area contributed by atoms with Gasteiger partial charge in [0.15, 0.2) is 0 Å². The van der Waals surface area contributed by atoms with Gasteiger partial charge in [0.25, 0.3) is 5.69 Å². The molecular weight excluding hydrogens is 222 g/mol. The number of carbonyl (C=O) groups is 1. The fraction of sp³-hybridized carbons (Fsp3) is 0.0909. The molecular formula is C11H7N3O3. The summed E-state index contributed by atoms with van der Waals surface area (Å²) >= 11 is 0. The number of amides is 1. The van der Waals surface area contributed by atoms with Crippen molar-refractivity contribution in [1.29, 1.82) is 5.26 Å². The van der Waals surface area contributed by atoms with Crippen LogP contribution in [0.15, 0.2) is 18.2 Å². The van der Waals surface area contributed by atoms with E-state index in [-0.39, 0.29) is 17.7 Å². The van der Waals surface area contributed by atoms with Crippen molar-refractivity contribution in [1.82, 2.24) is 0 Å². The Hall–Kier alpha value is -2.86. The number of nitro groups is 1. The highest BCUT2D eigenvalue weighted by atomic mass is 16.6. The third-order valence-electron chi connectivity index (χ3n) is 1.75. The van der Waals surface area contributed by atoms with Gasteiger partial charge >= 0.3 is 0 Å². The van der Waals surface area contributed by atoms with E-state index in [4.69, 9.17) is 11.0 Å². The molecule has 0 radical (unpaired) electrons. The maximum Gasteiger partial charge on any atom is 0.271 e. The van der Waals surface area contributed by atoms with Crippen molar-refractivity contribution < 1.29 is 9.72 Å². The molecule has 0 atom stereocenters. The number of non-ortho nitro benzene ring substituents is 1. The molecule has 0 unspecified atom stereocenters. The van der Waals surface area contributed by atoms with Crippen LogP contribution in [0.4, 0.5) is 5.69 Å². The number of primary amides is 1. The molecule has 0 spiro atoms. The van der Waals surface area contributed by atoms with Crippen LogP contribution in [0.3, 0.4) is 0 Å². The second-order valence-electron chi connectivity index (χ2n) is 3.08. The van der Waals surface area contributed by atoms with Crippen LogP contribution in [0.5, 0.6) is 0 Å². The van der Waals surface area contributed by atoms with E-state index in [1.165, 1.54) is 12.1 Å². The molecule has 84 valence electrons. The molecule has 0 saturated heterocycles. The summed E-state index contributed by atoms with van der Waals surface area (Å²) < 4.78 is 0. The van der Waals surface area contributed by atoms with Gasteiger partial charge in [0, 0.05) is 17.7 Å². The minimum Gasteiger partial charge on any atom is -0.369 e. The summed E-state index contributed by atoms with van der Waals surface area (Å²) in [6.45, 7) is 0. The quantitative estimate of drug-likeness (QED) is 0.457. The summed E-state index contributed by atoms with van der Waals surface area (Å²) in [5, 5.41) is 19.3. The zero-order valence-corrected chi connectivity index (χ0v) is 8.64. The highest BCUT2D eigenvalue weighted by Gasteiger charge is 2.08. The summed E-state index contributed by atoms with van der Waals surface area (Å²) in [6.07, 6.45) is -0.134. The smallest absolute Gasteiger partial charge is 0.271 e. The summed E-state index contributed by atoms with van der Waals surface area (Å²) in [7, 11) is 0. The molecule has 0 aliphatic carbocycles. The van der Waals surface area contributed by atoms with Crippen molar-refractivity contribution in [3.63, 3.8) is 0 Å². The van der Waals surface area contributed by atoms with Crippen LogP contribution in [0.25, 0.3) is 0 Å². The average Bonchev–Trinajstić information content (AvgIpc) is 2.28. The summed E-state index contributed by atoms with van der Waals surface area (Å²) in [5.41, 5.74) is 5.12. The van der Waals surface area contributed by atoms with Crippen LogP contribution in [0.1, 0.15) is 17.5 Å². The van der Waals surface area contributed by atoms with Crippen LogP contribution in [-0.2, 0) is 4.79 Å². The topological polar surface area (TPSA) is 110 Å². The molecule has 1 rings (SSSR count). The first-order chi connectivity index (χ1) is 8.02. The Balaban J connectivity index is 3.11. The number of nitro benzene ring substituents is 1. The number of benzene rings is 1. The van der Waals surface area contributed by atoms with Crippen molar-refractivity contribution in [2.24, 2.45) is 5.73 Å². The van der Waals surface area contributed by atoms with Gasteiger partial charge in [-0.25, -0.2) is 0 Å². The maximum atomic E-state index is 10.6. The van der Waals surface area contributed by atoms with E-state index in [2.05, 4.69) is 11.8 Å². The molecule has 17 heavy (non-hydrogen) atoms. The van der Waals surface area contributed by atoms with Gasteiger partial charge in [0.2, 0.25) is 5.91 Å². The normalized spacial score (nSPS) is 8.65. The molecule has 0 bridgehead atoms. The molecule has 1 aromatic rings. The molecule has 0 aliphatic rings. The maximum absolute atomic E-state index is 10.6. The van der Waals surface area contributed by atoms with E-state index in [0.29, 0.717) is 5.56 Å². The van der Waals surface area contributed by atoms with Gasteiger partial charge in [0.05, 0.1) is 23.0 Å². The first-order valence-corrected chi connectivity index (χ1v) is 4.49. The standard InChI is InChI=1S/C11H7N3O3/c12-7-9-4-8(2-1-3-11(13)15)5-10(6-9)14(16)17/h4-6H,3H2,(H2,13,15). The lowest BCUT2D eigenvalue weighted by atomic mass is 10.1. The van der Waals surface area contributed by atoms with Gasteiger partial charge in [0.1, 0.15) is 0 Å². The lowest BCUT2D eigenvalue weighted by Gasteiger charge is -1.94. The van der Waals surface area contributed by atoms with Gasteiger partial charge in [-0.2, -0.15) is 5.26 Å². The molecule has 0 heterocycles. The van der Waals surface area contributed by atoms with Gasteiger partial charge < -0.3 is 5.73 Å². The zero-order chi connectivity index (χ0) is 12.8. The molecule has 6 heteroatoms. The number of hydrogen-bond donors (Lipinski definition) is 1. The minimum absolute atomic E-state index is 0.134. The van der Waals surface area contributed by atoms with Crippen LogP contribution in [0.2, 0.25) is 0 Å². The molecule has 1 amide bonds. The number of nitriles is 1. The predicted molar refractivity (Wildman–Crippen MR) is 58.5 cm³/mol. The second kappa shape index (κ2) is 5.29. The van der Waals surface area contributed by atoms with Gasteiger partial charge in [-0.1, -0.05) is 11.8 Å². The number of nitrogens with two attached hydrogens (primary N) is 1. The third-order valence-corrected chi connectivity index (χ3v) is 1.75. The molecule has 0 aromatic heterocycles. The predicted octanol–water partition coefficient (Wildman–Crippen LogP) is 0.693. The van der Waals surface area contributed by atoms with Crippen LogP contribution in [-0.4, -0.2) is 10.8 Å². The van der Waals surface area contributed by atoms with Crippen molar-refractivity contribution in [3.05, 3.63) is 39.4 Å². The number of rotatable bonds is 2. The molecule has 0 fully saturated rings. The highest BCUT2D eigenvalue weighted by Crippen LogP contribution is 2.16. The lowest BCUT2D eigenvalue weighted by molar-refractivity contribution is -0.384. The van der Waals surface area contributed by atoms with E-state index < -0.39 is 10.8 Å². The molecule has 6 nitrogen and oxygen atoms in total. The SMILES string of the molecule is N#Cc1cc(C#CCC(N)=O)cc([N+](=O)[O-])c1. The van der Waals surface area contributed by atoms with Crippen LogP contribution in [0, 0.1) is 33.3 Å². The Kier molecular flexibility index (Phi) is 3.80. The first-order valence-electron chi connectivity index (χ1n) is 4.49. The van der Waals surface area contributed by atoms with E-state index in [9.17, 15) is 14.9 Å². The van der Waals surface area contributed by atoms with Crippen molar-refractivity contribution in [2.45, 2.75) is 6.42 Å². The number of nitrogens with zero attached hydrogens (tertiary/aromatic N) is 2. The fourth-order valence-corrected chi connectivity index (χ4v) is 1.09. The van der Waals surface area contributed by atoms with E-state index in [1.54, 1.807) is 6.07 Å². The number of hydrogen-bond acceptors (Lipinski definition) is 4. The Labute approximate surface area is 96.8 Å². The van der Waals surface area contributed by atoms with Crippen LogP contribution >= 0.6 is 0 Å². The fourth-order valence-electron chi connectivity index (χ4n) is 1.09. The van der Waals surface area contributed by atoms with E-state index >= 15 is 0 Å². The monoisotopic (exact) mass is 229 g/mol. The number of carbonyl (C=O) groups excluding carboxylic acids is 1. The zero-order valence-electron chi connectivity index (χ0n) is 8.64. The van der Waals surface area contributed by atoms with Crippen molar-refractivity contribution in [3.8, 4) is 17.9 Å². The van der Waals surface area contributed by atoms with Crippen molar-refractivity contribution in [2.75, 3.05) is 0 Å². The molecule has 0 saturated carbocycles. The van der Waals surface area contributed by atoms with E-state index in [1.807, 2.05) is 0 Å². The summed E-state index contributed by atoms with van der Waals surface area (Å²) in [6, 6.07) is 5.58. The Morgan fingerprint density at radius 3 is 2.59 bits per heavy atom. The minimum atomic E-state index is -0.611. The highest BCUT2D eigenvalue weighted by molar-refractivity contribution is 5.76. The lowest BCUT2D eigenvalue weighted by Crippen LogP contribution is -2.08. The molecule has 2 N–H and O–H groups in total. The van der Waals surface area contributed by atoms with Gasteiger partial charge in [-0.3, -0.25) is 14.9 Å². The molecule has 1 aromatic carbocycles. The van der Waals surface area contributed by atoms with Crippen LogP contribution < -0.4 is 5.73 Å². The average molecular weight is 229 g/mol. The third kappa shape index (κ3) is 3.65. The van der Waals surface area contributed by atoms with Gasteiger partial charge in [-0.05, 0) is 6.07 Å².